The third kappa shape index (κ3) is 6.60. The molecular formula is C53H36N4. The van der Waals surface area contributed by atoms with Crippen LogP contribution in [0.3, 0.4) is 0 Å². The molecule has 0 N–H and O–H groups in total. The van der Waals surface area contributed by atoms with Crippen LogP contribution in [0.4, 0.5) is 17.1 Å². The summed E-state index contributed by atoms with van der Waals surface area (Å²) in [5.41, 5.74) is 10.5. The molecule has 268 valence electrons. The van der Waals surface area contributed by atoms with Crippen LogP contribution in [0.1, 0.15) is 0 Å². The lowest BCUT2D eigenvalue weighted by Crippen LogP contribution is -2.12. The minimum Gasteiger partial charge on any atom is -0.309 e. The molecule has 4 nitrogen and oxygen atoms in total. The van der Waals surface area contributed by atoms with E-state index >= 15 is 0 Å². The Morgan fingerprint density at radius 1 is 0.281 bits per heavy atom. The molecule has 0 fully saturated rings. The van der Waals surface area contributed by atoms with Gasteiger partial charge in [-0.3, -0.25) is 0 Å². The SMILES string of the molecule is c1ccc(-c2nc(-c3ccc(-c4ccc5ccccc5c4)cc3)nc(-c3ccccc3N(c3ccccc3)c3ccc(-c4ccccc4)c4ccccc34)n2)cc1. The first-order valence-corrected chi connectivity index (χ1v) is 19.2. The average Bonchev–Trinajstić information content (AvgIpc) is 3.30. The van der Waals surface area contributed by atoms with Gasteiger partial charge >= 0.3 is 0 Å². The van der Waals surface area contributed by atoms with Gasteiger partial charge in [0.1, 0.15) is 0 Å². The molecule has 0 saturated carbocycles. The van der Waals surface area contributed by atoms with E-state index in [2.05, 4.69) is 193 Å². The van der Waals surface area contributed by atoms with Crippen molar-refractivity contribution in [1.29, 1.82) is 0 Å². The highest BCUT2D eigenvalue weighted by atomic mass is 15.2. The Morgan fingerprint density at radius 2 is 0.807 bits per heavy atom. The van der Waals surface area contributed by atoms with Gasteiger partial charge in [0.15, 0.2) is 17.5 Å². The lowest BCUT2D eigenvalue weighted by atomic mass is 9.96. The van der Waals surface area contributed by atoms with Crippen molar-refractivity contribution in [3.05, 3.63) is 218 Å². The highest BCUT2D eigenvalue weighted by Crippen LogP contribution is 2.45. The normalized spacial score (nSPS) is 11.2. The Labute approximate surface area is 332 Å². The molecular weight excluding hydrogens is 693 g/mol. The van der Waals surface area contributed by atoms with Crippen molar-refractivity contribution >= 4 is 38.6 Å². The van der Waals surface area contributed by atoms with E-state index in [9.17, 15) is 0 Å². The maximum atomic E-state index is 5.24. The van der Waals surface area contributed by atoms with Crippen LogP contribution in [0, 0.1) is 0 Å². The number of hydrogen-bond acceptors (Lipinski definition) is 4. The van der Waals surface area contributed by atoms with E-state index in [0.29, 0.717) is 17.5 Å². The minimum atomic E-state index is 0.596. The first-order chi connectivity index (χ1) is 28.3. The lowest BCUT2D eigenvalue weighted by Gasteiger charge is -2.29. The zero-order valence-electron chi connectivity index (χ0n) is 31.1. The summed E-state index contributed by atoms with van der Waals surface area (Å²) in [5, 5.41) is 4.77. The summed E-state index contributed by atoms with van der Waals surface area (Å²) < 4.78 is 0. The monoisotopic (exact) mass is 728 g/mol. The molecule has 0 amide bonds. The Kier molecular flexibility index (Phi) is 8.82. The molecule has 0 aliphatic carbocycles. The summed E-state index contributed by atoms with van der Waals surface area (Å²) in [6.45, 7) is 0. The Hall–Kier alpha value is -7.69. The van der Waals surface area contributed by atoms with Gasteiger partial charge in [-0.05, 0) is 74.8 Å². The molecule has 0 spiro atoms. The summed E-state index contributed by atoms with van der Waals surface area (Å²) in [6, 6.07) is 76.4. The second-order valence-electron chi connectivity index (χ2n) is 14.0. The topological polar surface area (TPSA) is 41.9 Å². The quantitative estimate of drug-likeness (QED) is 0.156. The fourth-order valence-corrected chi connectivity index (χ4v) is 7.71. The molecule has 0 bridgehead atoms. The van der Waals surface area contributed by atoms with Crippen LogP contribution in [0.5, 0.6) is 0 Å². The molecule has 0 atom stereocenters. The molecule has 4 heteroatoms. The molecule has 0 unspecified atom stereocenters. The summed E-state index contributed by atoms with van der Waals surface area (Å²) in [4.78, 5) is 17.8. The maximum Gasteiger partial charge on any atom is 0.166 e. The zero-order chi connectivity index (χ0) is 38.0. The van der Waals surface area contributed by atoms with Gasteiger partial charge in [0, 0.05) is 27.8 Å². The first kappa shape index (κ1) is 33.8. The van der Waals surface area contributed by atoms with E-state index in [0.717, 1.165) is 44.7 Å². The maximum absolute atomic E-state index is 5.24. The van der Waals surface area contributed by atoms with E-state index in [1.54, 1.807) is 0 Å². The Morgan fingerprint density at radius 3 is 1.54 bits per heavy atom. The standard InChI is InChI=1S/C53H36N4/c1-4-17-39(18-5-1)45-34-35-50(47-25-13-12-24-46(45)47)57(44-22-8-3-9-23-44)49-27-15-14-26-48(49)53-55-51(40-19-6-2-7-20-40)54-52(56-53)41-31-28-38(29-32-41)43-33-30-37-16-10-11-21-42(37)36-43/h1-36H. The van der Waals surface area contributed by atoms with Crippen LogP contribution < -0.4 is 4.90 Å². The second kappa shape index (κ2) is 14.9. The largest absolute Gasteiger partial charge is 0.309 e. The van der Waals surface area contributed by atoms with Gasteiger partial charge in [-0.15, -0.1) is 0 Å². The number of anilines is 3. The molecule has 10 aromatic rings. The average molecular weight is 729 g/mol. The smallest absolute Gasteiger partial charge is 0.166 e. The summed E-state index contributed by atoms with van der Waals surface area (Å²) >= 11 is 0. The molecule has 9 aromatic carbocycles. The number of para-hydroxylation sites is 2. The van der Waals surface area contributed by atoms with Crippen LogP contribution in [0.2, 0.25) is 0 Å². The summed E-state index contributed by atoms with van der Waals surface area (Å²) in [6.07, 6.45) is 0. The fraction of sp³-hybridized carbons (Fsp3) is 0. The fourth-order valence-electron chi connectivity index (χ4n) is 7.71. The van der Waals surface area contributed by atoms with Gasteiger partial charge in [0.05, 0.1) is 11.4 Å². The second-order valence-corrected chi connectivity index (χ2v) is 14.0. The molecule has 10 rings (SSSR count). The van der Waals surface area contributed by atoms with E-state index < -0.39 is 0 Å². The molecule has 0 saturated heterocycles. The van der Waals surface area contributed by atoms with E-state index in [4.69, 9.17) is 15.0 Å². The minimum absolute atomic E-state index is 0.596. The van der Waals surface area contributed by atoms with Crippen LogP contribution in [-0.4, -0.2) is 15.0 Å². The molecule has 57 heavy (non-hydrogen) atoms. The molecule has 0 aliphatic rings. The van der Waals surface area contributed by atoms with E-state index in [1.807, 2.05) is 30.3 Å². The van der Waals surface area contributed by atoms with E-state index in [1.165, 1.54) is 32.8 Å². The number of fused-ring (bicyclic) bond motifs is 2. The highest BCUT2D eigenvalue weighted by Gasteiger charge is 2.22. The van der Waals surface area contributed by atoms with Crippen molar-refractivity contribution in [2.75, 3.05) is 4.90 Å². The number of hydrogen-bond donors (Lipinski definition) is 0. The predicted octanol–water partition coefficient (Wildman–Crippen LogP) is 14.0. The van der Waals surface area contributed by atoms with Crippen molar-refractivity contribution in [3.63, 3.8) is 0 Å². The van der Waals surface area contributed by atoms with Gasteiger partial charge in [0.2, 0.25) is 0 Å². The van der Waals surface area contributed by atoms with Crippen molar-refractivity contribution in [2.24, 2.45) is 0 Å². The van der Waals surface area contributed by atoms with Crippen molar-refractivity contribution in [2.45, 2.75) is 0 Å². The Bertz CT molecular complexity index is 3000. The van der Waals surface area contributed by atoms with Crippen LogP contribution >= 0.6 is 0 Å². The zero-order valence-corrected chi connectivity index (χ0v) is 31.1. The summed E-state index contributed by atoms with van der Waals surface area (Å²) in [5.74, 6) is 1.83. The van der Waals surface area contributed by atoms with Gasteiger partial charge in [-0.1, -0.05) is 182 Å². The van der Waals surface area contributed by atoms with Gasteiger partial charge in [0.25, 0.3) is 0 Å². The van der Waals surface area contributed by atoms with E-state index in [-0.39, 0.29) is 0 Å². The predicted molar refractivity (Wildman–Crippen MR) is 237 cm³/mol. The van der Waals surface area contributed by atoms with Gasteiger partial charge in [-0.25, -0.2) is 15.0 Å². The van der Waals surface area contributed by atoms with Crippen molar-refractivity contribution in [1.82, 2.24) is 15.0 Å². The van der Waals surface area contributed by atoms with Crippen molar-refractivity contribution in [3.8, 4) is 56.4 Å². The number of rotatable bonds is 8. The lowest BCUT2D eigenvalue weighted by molar-refractivity contribution is 1.07. The van der Waals surface area contributed by atoms with Crippen LogP contribution in [-0.2, 0) is 0 Å². The third-order valence-corrected chi connectivity index (χ3v) is 10.5. The van der Waals surface area contributed by atoms with Crippen LogP contribution in [0.15, 0.2) is 218 Å². The number of aromatic nitrogens is 3. The molecule has 0 radical (unpaired) electrons. The number of benzene rings is 9. The van der Waals surface area contributed by atoms with Gasteiger partial charge < -0.3 is 4.90 Å². The van der Waals surface area contributed by atoms with Crippen molar-refractivity contribution < 1.29 is 0 Å². The third-order valence-electron chi connectivity index (χ3n) is 10.5. The molecule has 1 heterocycles. The van der Waals surface area contributed by atoms with Crippen LogP contribution in [0.25, 0.3) is 78.0 Å². The van der Waals surface area contributed by atoms with Gasteiger partial charge in [-0.2, -0.15) is 0 Å². The number of nitrogens with zero attached hydrogens (tertiary/aromatic N) is 4. The Balaban J connectivity index is 1.13. The summed E-state index contributed by atoms with van der Waals surface area (Å²) in [7, 11) is 0. The molecule has 0 aliphatic heterocycles. The first-order valence-electron chi connectivity index (χ1n) is 19.2. The highest BCUT2D eigenvalue weighted by molar-refractivity contribution is 6.07. The molecule has 1 aromatic heterocycles.